The van der Waals surface area contributed by atoms with Crippen molar-refractivity contribution in [1.29, 1.82) is 0 Å². The van der Waals surface area contributed by atoms with Crippen LogP contribution in [0.25, 0.3) is 0 Å². The SMILES string of the molecule is C/C=C\C/C(=C\CC)CC. The van der Waals surface area contributed by atoms with Crippen LogP contribution in [0.5, 0.6) is 0 Å². The average Bonchev–Trinajstić information content (AvgIpc) is 1.98. The summed E-state index contributed by atoms with van der Waals surface area (Å²) in [6.45, 7) is 6.47. The van der Waals surface area contributed by atoms with Gasteiger partial charge in [-0.25, -0.2) is 0 Å². The van der Waals surface area contributed by atoms with Gasteiger partial charge in [0.25, 0.3) is 0 Å². The lowest BCUT2D eigenvalue weighted by molar-refractivity contribution is 1.000. The van der Waals surface area contributed by atoms with Crippen LogP contribution in [0.4, 0.5) is 0 Å². The maximum absolute atomic E-state index is 2.32. The van der Waals surface area contributed by atoms with Crippen molar-refractivity contribution in [3.63, 3.8) is 0 Å². The van der Waals surface area contributed by atoms with Gasteiger partial charge in [0, 0.05) is 0 Å². The van der Waals surface area contributed by atoms with Gasteiger partial charge < -0.3 is 0 Å². The van der Waals surface area contributed by atoms with Crippen molar-refractivity contribution in [2.24, 2.45) is 0 Å². The minimum absolute atomic E-state index is 1.14. The summed E-state index contributed by atoms with van der Waals surface area (Å²) in [5.41, 5.74) is 1.56. The van der Waals surface area contributed by atoms with Crippen LogP contribution in [-0.4, -0.2) is 0 Å². The molecule has 0 radical (unpaired) electrons. The van der Waals surface area contributed by atoms with Crippen molar-refractivity contribution < 1.29 is 0 Å². The molecular formula is C10H18. The molecule has 0 atom stereocenters. The van der Waals surface area contributed by atoms with Gasteiger partial charge >= 0.3 is 0 Å². The predicted molar refractivity (Wildman–Crippen MR) is 48.1 cm³/mol. The van der Waals surface area contributed by atoms with Gasteiger partial charge in [-0.2, -0.15) is 0 Å². The Morgan fingerprint density at radius 3 is 2.40 bits per heavy atom. The number of rotatable bonds is 4. The van der Waals surface area contributed by atoms with Crippen molar-refractivity contribution in [3.8, 4) is 0 Å². The van der Waals surface area contributed by atoms with Crippen LogP contribution >= 0.6 is 0 Å². The van der Waals surface area contributed by atoms with Gasteiger partial charge in [0.2, 0.25) is 0 Å². The molecule has 0 aromatic carbocycles. The zero-order valence-corrected chi connectivity index (χ0v) is 7.35. The van der Waals surface area contributed by atoms with Crippen LogP contribution in [0, 0.1) is 0 Å². The summed E-state index contributed by atoms with van der Waals surface area (Å²) in [5, 5.41) is 0. The smallest absolute Gasteiger partial charge is 0.0139 e. The van der Waals surface area contributed by atoms with E-state index in [2.05, 4.69) is 39.0 Å². The van der Waals surface area contributed by atoms with Gasteiger partial charge in [0.15, 0.2) is 0 Å². The molecule has 0 aliphatic heterocycles. The Hall–Kier alpha value is -0.520. The normalized spacial score (nSPS) is 12.9. The van der Waals surface area contributed by atoms with E-state index in [4.69, 9.17) is 0 Å². The van der Waals surface area contributed by atoms with E-state index in [9.17, 15) is 0 Å². The van der Waals surface area contributed by atoms with Gasteiger partial charge in [-0.15, -0.1) is 0 Å². The molecule has 0 saturated carbocycles. The minimum Gasteiger partial charge on any atom is -0.0913 e. The lowest BCUT2D eigenvalue weighted by atomic mass is 10.1. The van der Waals surface area contributed by atoms with Crippen molar-refractivity contribution in [2.75, 3.05) is 0 Å². The largest absolute Gasteiger partial charge is 0.0913 e. The summed E-state index contributed by atoms with van der Waals surface area (Å²) in [5.74, 6) is 0. The molecule has 0 amide bonds. The number of hydrogen-bond donors (Lipinski definition) is 0. The van der Waals surface area contributed by atoms with Gasteiger partial charge in [0.05, 0.1) is 0 Å². The maximum atomic E-state index is 2.32. The fourth-order valence-corrected chi connectivity index (χ4v) is 0.930. The Morgan fingerprint density at radius 1 is 1.30 bits per heavy atom. The monoisotopic (exact) mass is 138 g/mol. The van der Waals surface area contributed by atoms with Crippen molar-refractivity contribution >= 4 is 0 Å². The van der Waals surface area contributed by atoms with Crippen LogP contribution in [0.1, 0.15) is 40.0 Å². The van der Waals surface area contributed by atoms with Crippen LogP contribution in [0.2, 0.25) is 0 Å². The first-order chi connectivity index (χ1) is 4.85. The van der Waals surface area contributed by atoms with E-state index in [1.54, 1.807) is 5.57 Å². The van der Waals surface area contributed by atoms with Crippen molar-refractivity contribution in [2.45, 2.75) is 40.0 Å². The molecule has 0 unspecified atom stereocenters. The maximum Gasteiger partial charge on any atom is -0.0139 e. The molecule has 0 rings (SSSR count). The average molecular weight is 138 g/mol. The quantitative estimate of drug-likeness (QED) is 0.520. The van der Waals surface area contributed by atoms with Crippen LogP contribution in [-0.2, 0) is 0 Å². The molecule has 0 bridgehead atoms. The number of hydrogen-bond acceptors (Lipinski definition) is 0. The molecule has 0 aliphatic carbocycles. The Bertz CT molecular complexity index is 118. The highest BCUT2D eigenvalue weighted by Crippen LogP contribution is 2.07. The van der Waals surface area contributed by atoms with Gasteiger partial charge in [-0.1, -0.05) is 37.6 Å². The third-order valence-corrected chi connectivity index (χ3v) is 1.56. The second kappa shape index (κ2) is 6.60. The first-order valence-corrected chi connectivity index (χ1v) is 4.14. The summed E-state index contributed by atoms with van der Waals surface area (Å²) >= 11 is 0. The van der Waals surface area contributed by atoms with Crippen LogP contribution < -0.4 is 0 Å². The van der Waals surface area contributed by atoms with E-state index in [0.717, 1.165) is 6.42 Å². The van der Waals surface area contributed by atoms with Crippen molar-refractivity contribution in [1.82, 2.24) is 0 Å². The summed E-state index contributed by atoms with van der Waals surface area (Å²) in [4.78, 5) is 0. The van der Waals surface area contributed by atoms with E-state index >= 15 is 0 Å². The van der Waals surface area contributed by atoms with Crippen LogP contribution in [0.15, 0.2) is 23.8 Å². The first-order valence-electron chi connectivity index (χ1n) is 4.14. The van der Waals surface area contributed by atoms with Crippen molar-refractivity contribution in [3.05, 3.63) is 23.8 Å². The summed E-state index contributed by atoms with van der Waals surface area (Å²) in [6, 6.07) is 0. The molecular weight excluding hydrogens is 120 g/mol. The lowest BCUT2D eigenvalue weighted by Crippen LogP contribution is -1.77. The molecule has 0 fully saturated rings. The van der Waals surface area contributed by atoms with E-state index in [0.29, 0.717) is 0 Å². The Kier molecular flexibility index (Phi) is 6.25. The first kappa shape index (κ1) is 9.48. The summed E-state index contributed by atoms with van der Waals surface area (Å²) in [7, 11) is 0. The zero-order valence-electron chi connectivity index (χ0n) is 7.35. The summed E-state index contributed by atoms with van der Waals surface area (Å²) in [6.07, 6.45) is 10.1. The molecule has 58 valence electrons. The molecule has 0 N–H and O–H groups in total. The highest BCUT2D eigenvalue weighted by Gasteiger charge is 1.87. The fourth-order valence-electron chi connectivity index (χ4n) is 0.930. The molecule has 0 aromatic rings. The highest BCUT2D eigenvalue weighted by atomic mass is 13.9. The standard InChI is InChI=1S/C10H18/c1-4-7-9-10(6-3)8-5-2/h4,7-8H,5-6,9H2,1-3H3/b7-4-,10-8-. The Labute approximate surface area is 64.6 Å². The van der Waals surface area contributed by atoms with Gasteiger partial charge in [-0.05, 0) is 26.2 Å². The molecule has 0 saturated heterocycles. The van der Waals surface area contributed by atoms with E-state index < -0.39 is 0 Å². The van der Waals surface area contributed by atoms with E-state index in [1.165, 1.54) is 12.8 Å². The second-order valence-corrected chi connectivity index (χ2v) is 2.40. The molecule has 0 aliphatic rings. The molecule has 0 heterocycles. The highest BCUT2D eigenvalue weighted by molar-refractivity contribution is 5.06. The second-order valence-electron chi connectivity index (χ2n) is 2.40. The predicted octanol–water partition coefficient (Wildman–Crippen LogP) is 3.70. The van der Waals surface area contributed by atoms with Gasteiger partial charge in [-0.3, -0.25) is 0 Å². The molecule has 0 spiro atoms. The third kappa shape index (κ3) is 4.37. The molecule has 0 heteroatoms. The molecule has 0 nitrogen and oxygen atoms in total. The zero-order chi connectivity index (χ0) is 7.82. The lowest BCUT2D eigenvalue weighted by Gasteiger charge is -1.97. The van der Waals surface area contributed by atoms with Crippen LogP contribution in [0.3, 0.4) is 0 Å². The third-order valence-electron chi connectivity index (χ3n) is 1.56. The topological polar surface area (TPSA) is 0 Å². The number of allylic oxidation sites excluding steroid dienone is 4. The molecule has 10 heavy (non-hydrogen) atoms. The Balaban J connectivity index is 3.71. The fraction of sp³-hybridized carbons (Fsp3) is 0.600. The molecule has 0 aromatic heterocycles. The Morgan fingerprint density at radius 2 is 2.00 bits per heavy atom. The van der Waals surface area contributed by atoms with E-state index in [1.807, 2.05) is 0 Å². The summed E-state index contributed by atoms with van der Waals surface area (Å²) < 4.78 is 0. The minimum atomic E-state index is 1.14. The van der Waals surface area contributed by atoms with Gasteiger partial charge in [0.1, 0.15) is 0 Å². The van der Waals surface area contributed by atoms with E-state index in [-0.39, 0.29) is 0 Å².